The average molecular weight is 214 g/mol. The van der Waals surface area contributed by atoms with E-state index in [1.54, 1.807) is 0 Å². The van der Waals surface area contributed by atoms with Gasteiger partial charge in [-0.3, -0.25) is 0 Å². The molecule has 0 saturated heterocycles. The Labute approximate surface area is 94.0 Å². The van der Waals surface area contributed by atoms with Gasteiger partial charge in [-0.2, -0.15) is 0 Å². The van der Waals surface area contributed by atoms with Crippen LogP contribution in [0.15, 0.2) is 0 Å². The monoisotopic (exact) mass is 214 g/mol. The molecule has 0 spiro atoms. The maximum atomic E-state index is 10.0. The Morgan fingerprint density at radius 3 is 2.13 bits per heavy atom. The Bertz CT molecular complexity index is 149. The molecule has 1 aliphatic rings. The third-order valence-corrected chi connectivity index (χ3v) is 3.29. The Morgan fingerprint density at radius 1 is 1.07 bits per heavy atom. The number of hydrogen-bond acceptors (Lipinski definition) is 2. The molecule has 0 bridgehead atoms. The quantitative estimate of drug-likeness (QED) is 0.779. The third-order valence-electron chi connectivity index (χ3n) is 3.29. The van der Waals surface area contributed by atoms with E-state index >= 15 is 0 Å². The van der Waals surface area contributed by atoms with E-state index in [9.17, 15) is 5.11 Å². The lowest BCUT2D eigenvalue weighted by Gasteiger charge is -2.25. The molecule has 0 heterocycles. The highest BCUT2D eigenvalue weighted by Gasteiger charge is 2.20. The van der Waals surface area contributed by atoms with Crippen molar-refractivity contribution in [3.8, 4) is 0 Å². The Kier molecular flexibility index (Phi) is 6.26. The molecule has 1 atom stereocenters. The summed E-state index contributed by atoms with van der Waals surface area (Å²) in [4.78, 5) is 0. The molecule has 0 amide bonds. The van der Waals surface area contributed by atoms with E-state index in [4.69, 9.17) is 4.74 Å². The Morgan fingerprint density at radius 2 is 1.60 bits per heavy atom. The summed E-state index contributed by atoms with van der Waals surface area (Å²) in [6.45, 7) is 4.55. The van der Waals surface area contributed by atoms with Crippen LogP contribution in [0.25, 0.3) is 0 Å². The molecule has 1 fully saturated rings. The van der Waals surface area contributed by atoms with Crippen molar-refractivity contribution in [2.45, 2.75) is 71.0 Å². The summed E-state index contributed by atoms with van der Waals surface area (Å²) >= 11 is 0. The lowest BCUT2D eigenvalue weighted by Crippen LogP contribution is -2.27. The molecule has 90 valence electrons. The van der Waals surface area contributed by atoms with Crippen molar-refractivity contribution < 1.29 is 9.84 Å². The van der Waals surface area contributed by atoms with Crippen LogP contribution in [0.4, 0.5) is 0 Å². The van der Waals surface area contributed by atoms with Gasteiger partial charge in [0, 0.05) is 0 Å². The van der Waals surface area contributed by atoms with Crippen molar-refractivity contribution in [1.29, 1.82) is 0 Å². The SMILES string of the molecule is CC(C)OCC(O)C1CCCCCCC1. The van der Waals surface area contributed by atoms with Gasteiger partial charge in [0.2, 0.25) is 0 Å². The van der Waals surface area contributed by atoms with E-state index in [2.05, 4.69) is 0 Å². The van der Waals surface area contributed by atoms with E-state index in [-0.39, 0.29) is 12.2 Å². The van der Waals surface area contributed by atoms with Crippen LogP contribution < -0.4 is 0 Å². The normalized spacial score (nSPS) is 22.4. The van der Waals surface area contributed by atoms with Crippen LogP contribution >= 0.6 is 0 Å². The van der Waals surface area contributed by atoms with E-state index in [1.807, 2.05) is 13.8 Å². The van der Waals surface area contributed by atoms with Gasteiger partial charge in [-0.25, -0.2) is 0 Å². The summed E-state index contributed by atoms with van der Waals surface area (Å²) in [5, 5.41) is 10.0. The second-order valence-corrected chi connectivity index (χ2v) is 5.05. The zero-order valence-electron chi connectivity index (χ0n) is 10.2. The lowest BCUT2D eigenvalue weighted by molar-refractivity contribution is -0.0244. The van der Waals surface area contributed by atoms with Crippen molar-refractivity contribution in [2.75, 3.05) is 6.61 Å². The molecule has 0 aromatic rings. The van der Waals surface area contributed by atoms with E-state index in [0.717, 1.165) is 0 Å². The Hall–Kier alpha value is -0.0800. The summed E-state index contributed by atoms with van der Waals surface area (Å²) in [6, 6.07) is 0. The molecule has 0 aromatic heterocycles. The maximum absolute atomic E-state index is 10.0. The second-order valence-electron chi connectivity index (χ2n) is 5.05. The molecule has 1 unspecified atom stereocenters. The summed E-state index contributed by atoms with van der Waals surface area (Å²) in [5.74, 6) is 0.476. The van der Waals surface area contributed by atoms with Gasteiger partial charge in [0.15, 0.2) is 0 Å². The van der Waals surface area contributed by atoms with Gasteiger partial charge < -0.3 is 9.84 Å². The van der Waals surface area contributed by atoms with E-state index < -0.39 is 0 Å². The molecule has 1 N–H and O–H groups in total. The van der Waals surface area contributed by atoms with Crippen LogP contribution in [-0.2, 0) is 4.74 Å². The number of hydrogen-bond donors (Lipinski definition) is 1. The number of aliphatic hydroxyl groups is 1. The van der Waals surface area contributed by atoms with Gasteiger partial charge in [0.05, 0.1) is 18.8 Å². The first-order chi connectivity index (χ1) is 7.20. The van der Waals surface area contributed by atoms with Gasteiger partial charge in [-0.15, -0.1) is 0 Å². The zero-order chi connectivity index (χ0) is 11.1. The fraction of sp³-hybridized carbons (Fsp3) is 1.00. The van der Waals surface area contributed by atoms with Crippen LogP contribution in [0.5, 0.6) is 0 Å². The topological polar surface area (TPSA) is 29.5 Å². The van der Waals surface area contributed by atoms with Crippen molar-refractivity contribution in [3.63, 3.8) is 0 Å². The summed E-state index contributed by atoms with van der Waals surface area (Å²) < 4.78 is 5.48. The van der Waals surface area contributed by atoms with E-state index in [1.165, 1.54) is 44.9 Å². The fourth-order valence-electron chi connectivity index (χ4n) is 2.30. The van der Waals surface area contributed by atoms with Crippen molar-refractivity contribution >= 4 is 0 Å². The molecule has 0 aromatic carbocycles. The van der Waals surface area contributed by atoms with Gasteiger partial charge in [0.1, 0.15) is 0 Å². The van der Waals surface area contributed by atoms with Crippen LogP contribution in [0.3, 0.4) is 0 Å². The number of rotatable bonds is 4. The van der Waals surface area contributed by atoms with Gasteiger partial charge in [-0.1, -0.05) is 32.1 Å². The van der Waals surface area contributed by atoms with Crippen LogP contribution in [0, 0.1) is 5.92 Å². The average Bonchev–Trinajstić information content (AvgIpc) is 2.13. The molecule has 0 aliphatic heterocycles. The second kappa shape index (κ2) is 7.24. The highest BCUT2D eigenvalue weighted by atomic mass is 16.5. The van der Waals surface area contributed by atoms with E-state index in [0.29, 0.717) is 12.5 Å². The molecule has 1 rings (SSSR count). The first-order valence-corrected chi connectivity index (χ1v) is 6.50. The van der Waals surface area contributed by atoms with Crippen molar-refractivity contribution in [3.05, 3.63) is 0 Å². The highest BCUT2D eigenvalue weighted by molar-refractivity contribution is 4.71. The molecule has 1 aliphatic carbocycles. The van der Waals surface area contributed by atoms with Gasteiger partial charge in [0.25, 0.3) is 0 Å². The molecule has 15 heavy (non-hydrogen) atoms. The third kappa shape index (κ3) is 5.53. The van der Waals surface area contributed by atoms with Crippen molar-refractivity contribution in [2.24, 2.45) is 5.92 Å². The molecule has 2 nitrogen and oxygen atoms in total. The summed E-state index contributed by atoms with van der Waals surface area (Å²) in [5.41, 5.74) is 0. The standard InChI is InChI=1S/C13H26O2/c1-11(2)15-10-13(14)12-8-6-4-3-5-7-9-12/h11-14H,3-10H2,1-2H3. The summed E-state index contributed by atoms with van der Waals surface area (Å²) in [6.07, 6.45) is 8.98. The lowest BCUT2D eigenvalue weighted by atomic mass is 9.87. The largest absolute Gasteiger partial charge is 0.390 e. The predicted molar refractivity (Wildman–Crippen MR) is 62.9 cm³/mol. The molecule has 0 radical (unpaired) electrons. The first-order valence-electron chi connectivity index (χ1n) is 6.50. The van der Waals surface area contributed by atoms with Crippen molar-refractivity contribution in [1.82, 2.24) is 0 Å². The predicted octanol–water partition coefficient (Wildman–Crippen LogP) is 3.13. The number of ether oxygens (including phenoxy) is 1. The molecular weight excluding hydrogens is 188 g/mol. The first kappa shape index (κ1) is 13.0. The zero-order valence-corrected chi connectivity index (χ0v) is 10.2. The molecular formula is C13H26O2. The minimum atomic E-state index is -0.245. The minimum Gasteiger partial charge on any atom is -0.390 e. The molecule has 1 saturated carbocycles. The number of aliphatic hydroxyl groups excluding tert-OH is 1. The van der Waals surface area contributed by atoms with Gasteiger partial charge in [-0.05, 0) is 32.6 Å². The smallest absolute Gasteiger partial charge is 0.0801 e. The molecule has 2 heteroatoms. The van der Waals surface area contributed by atoms with Crippen LogP contribution in [0.1, 0.15) is 58.8 Å². The van der Waals surface area contributed by atoms with Crippen LogP contribution in [0.2, 0.25) is 0 Å². The Balaban J connectivity index is 2.25. The summed E-state index contributed by atoms with van der Waals surface area (Å²) in [7, 11) is 0. The van der Waals surface area contributed by atoms with Gasteiger partial charge >= 0.3 is 0 Å². The minimum absolute atomic E-state index is 0.230. The van der Waals surface area contributed by atoms with Crippen LogP contribution in [-0.4, -0.2) is 23.9 Å². The maximum Gasteiger partial charge on any atom is 0.0801 e. The highest BCUT2D eigenvalue weighted by Crippen LogP contribution is 2.25. The fourth-order valence-corrected chi connectivity index (χ4v) is 2.30.